The monoisotopic (exact) mass is 494 g/mol. The van der Waals surface area contributed by atoms with E-state index in [9.17, 15) is 14.4 Å². The molecule has 0 radical (unpaired) electrons. The summed E-state index contributed by atoms with van der Waals surface area (Å²) in [4.78, 5) is 35.3. The van der Waals surface area contributed by atoms with Crippen molar-refractivity contribution in [2.45, 2.75) is 12.5 Å². The number of nitrogens with one attached hydrogen (secondary N) is 2. The van der Waals surface area contributed by atoms with E-state index in [0.29, 0.717) is 23.7 Å². The van der Waals surface area contributed by atoms with Gasteiger partial charge in [-0.1, -0.05) is 48.5 Å². The van der Waals surface area contributed by atoms with Crippen molar-refractivity contribution >= 4 is 29.7 Å². The number of hydrogen-bond acceptors (Lipinski definition) is 6. The highest BCUT2D eigenvalue weighted by atomic mass is 32.2. The number of fused-ring (bicyclic) bond motifs is 3. The third kappa shape index (κ3) is 5.83. The van der Waals surface area contributed by atoms with Crippen molar-refractivity contribution in [3.05, 3.63) is 77.1 Å². The van der Waals surface area contributed by atoms with Crippen molar-refractivity contribution in [1.82, 2.24) is 20.4 Å². The van der Waals surface area contributed by atoms with E-state index in [1.807, 2.05) is 24.3 Å². The van der Waals surface area contributed by atoms with Gasteiger partial charge in [-0.15, -0.1) is 11.8 Å². The zero-order valence-electron chi connectivity index (χ0n) is 19.2. The molecule has 1 aliphatic carbocycles. The molecule has 2 amide bonds. The van der Waals surface area contributed by atoms with Crippen molar-refractivity contribution in [1.29, 1.82) is 0 Å². The van der Waals surface area contributed by atoms with E-state index < -0.39 is 12.1 Å². The fourth-order valence-electron chi connectivity index (χ4n) is 4.12. The van der Waals surface area contributed by atoms with Crippen molar-refractivity contribution in [2.75, 3.05) is 24.7 Å². The SMILES string of the molecule is Cn1nc(CNC(=O)OCC2c3ccccc3-c3ccccc32)cc1C(=O)NCCSCC(=O)O. The third-order valence-corrected chi connectivity index (χ3v) is 6.62. The fourth-order valence-corrected chi connectivity index (χ4v) is 4.69. The Bertz CT molecular complexity index is 1200. The minimum Gasteiger partial charge on any atom is -0.481 e. The summed E-state index contributed by atoms with van der Waals surface area (Å²) in [5.74, 6) is -0.740. The van der Waals surface area contributed by atoms with E-state index >= 15 is 0 Å². The predicted octanol–water partition coefficient (Wildman–Crippen LogP) is 3.01. The Morgan fingerprint density at radius 3 is 2.37 bits per heavy atom. The summed E-state index contributed by atoms with van der Waals surface area (Å²) in [6.45, 7) is 0.678. The predicted molar refractivity (Wildman–Crippen MR) is 132 cm³/mol. The van der Waals surface area contributed by atoms with Crippen molar-refractivity contribution in [3.8, 4) is 11.1 Å². The number of nitrogens with zero attached hydrogens (tertiary/aromatic N) is 2. The molecular formula is C25H26N4O5S. The van der Waals surface area contributed by atoms with Gasteiger partial charge in [0.1, 0.15) is 12.3 Å². The second kappa shape index (κ2) is 11.1. The number of carbonyl (C=O) groups excluding carboxylic acids is 2. The molecule has 3 aromatic rings. The summed E-state index contributed by atoms with van der Waals surface area (Å²) in [7, 11) is 1.64. The number of hydrogen-bond donors (Lipinski definition) is 3. The summed E-state index contributed by atoms with van der Waals surface area (Å²) < 4.78 is 6.97. The molecule has 2 aromatic carbocycles. The summed E-state index contributed by atoms with van der Waals surface area (Å²) in [6, 6.07) is 17.9. The van der Waals surface area contributed by atoms with Crippen LogP contribution in [0.15, 0.2) is 54.6 Å². The normalized spacial score (nSPS) is 12.0. The largest absolute Gasteiger partial charge is 0.481 e. The molecule has 182 valence electrons. The zero-order chi connectivity index (χ0) is 24.8. The topological polar surface area (TPSA) is 123 Å². The van der Waals surface area contributed by atoms with Crippen molar-refractivity contribution < 1.29 is 24.2 Å². The zero-order valence-corrected chi connectivity index (χ0v) is 20.0. The minimum atomic E-state index is -0.887. The Labute approximate surface area is 206 Å². The highest BCUT2D eigenvalue weighted by Crippen LogP contribution is 2.44. The number of aryl methyl sites for hydroxylation is 1. The molecule has 0 atom stereocenters. The Hall–Kier alpha value is -3.79. The minimum absolute atomic E-state index is 0.00668. The lowest BCUT2D eigenvalue weighted by molar-refractivity contribution is -0.133. The number of carboxylic acids is 1. The first-order valence-electron chi connectivity index (χ1n) is 11.1. The maximum absolute atomic E-state index is 12.4. The number of rotatable bonds is 10. The van der Waals surface area contributed by atoms with Crippen LogP contribution in [0.25, 0.3) is 11.1 Å². The van der Waals surface area contributed by atoms with Gasteiger partial charge in [-0.05, 0) is 28.3 Å². The molecule has 9 nitrogen and oxygen atoms in total. The second-order valence-corrected chi connectivity index (χ2v) is 9.13. The van der Waals surface area contributed by atoms with Crippen LogP contribution in [-0.2, 0) is 23.1 Å². The molecule has 0 fully saturated rings. The van der Waals surface area contributed by atoms with Crippen LogP contribution < -0.4 is 10.6 Å². The number of ether oxygens (including phenoxy) is 1. The Balaban J connectivity index is 1.27. The highest BCUT2D eigenvalue weighted by Gasteiger charge is 2.29. The van der Waals surface area contributed by atoms with E-state index in [1.54, 1.807) is 13.1 Å². The number of benzene rings is 2. The molecule has 0 saturated carbocycles. The number of carboxylic acid groups (broad SMARTS) is 1. The summed E-state index contributed by atoms with van der Waals surface area (Å²) in [5.41, 5.74) is 5.48. The number of aromatic nitrogens is 2. The molecule has 0 unspecified atom stereocenters. The van der Waals surface area contributed by atoms with Gasteiger partial charge in [-0.2, -0.15) is 5.10 Å². The van der Waals surface area contributed by atoms with Gasteiger partial charge in [0.15, 0.2) is 0 Å². The summed E-state index contributed by atoms with van der Waals surface area (Å²) in [6.07, 6.45) is -0.557. The van der Waals surface area contributed by atoms with Gasteiger partial charge >= 0.3 is 12.1 Å². The molecule has 1 aromatic heterocycles. The molecule has 10 heteroatoms. The van der Waals surface area contributed by atoms with Crippen LogP contribution in [0.4, 0.5) is 4.79 Å². The van der Waals surface area contributed by atoms with E-state index in [2.05, 4.69) is 40.0 Å². The van der Waals surface area contributed by atoms with Crippen LogP contribution in [0.2, 0.25) is 0 Å². The molecule has 0 aliphatic heterocycles. The smallest absolute Gasteiger partial charge is 0.407 e. The lowest BCUT2D eigenvalue weighted by Crippen LogP contribution is -2.27. The second-order valence-electron chi connectivity index (χ2n) is 8.03. The molecule has 0 saturated heterocycles. The van der Waals surface area contributed by atoms with E-state index in [4.69, 9.17) is 9.84 Å². The number of alkyl carbamates (subject to hydrolysis) is 1. The number of carbonyl (C=O) groups is 3. The lowest BCUT2D eigenvalue weighted by atomic mass is 9.98. The lowest BCUT2D eigenvalue weighted by Gasteiger charge is -2.14. The average Bonchev–Trinajstić information content (AvgIpc) is 3.38. The number of thioether (sulfide) groups is 1. The van der Waals surface area contributed by atoms with Crippen LogP contribution in [0.3, 0.4) is 0 Å². The number of aliphatic carboxylic acids is 1. The maximum Gasteiger partial charge on any atom is 0.407 e. The first-order chi connectivity index (χ1) is 16.9. The first kappa shape index (κ1) is 24.3. The number of amides is 2. The Morgan fingerprint density at radius 2 is 1.71 bits per heavy atom. The molecule has 35 heavy (non-hydrogen) atoms. The first-order valence-corrected chi connectivity index (χ1v) is 12.3. The summed E-state index contributed by atoms with van der Waals surface area (Å²) >= 11 is 1.23. The van der Waals surface area contributed by atoms with Crippen LogP contribution in [-0.4, -0.2) is 57.5 Å². The fraction of sp³-hybridized carbons (Fsp3) is 0.280. The van der Waals surface area contributed by atoms with E-state index in [1.165, 1.54) is 16.4 Å². The van der Waals surface area contributed by atoms with E-state index in [-0.39, 0.29) is 30.7 Å². The quantitative estimate of drug-likeness (QED) is 0.370. The molecule has 4 rings (SSSR count). The van der Waals surface area contributed by atoms with E-state index in [0.717, 1.165) is 22.3 Å². The molecule has 1 heterocycles. The van der Waals surface area contributed by atoms with Gasteiger partial charge in [-0.25, -0.2) is 4.79 Å². The van der Waals surface area contributed by atoms with Gasteiger partial charge in [0.2, 0.25) is 0 Å². The molecule has 0 bridgehead atoms. The van der Waals surface area contributed by atoms with Crippen molar-refractivity contribution in [2.24, 2.45) is 7.05 Å². The van der Waals surface area contributed by atoms with Crippen LogP contribution in [0.1, 0.15) is 33.2 Å². The van der Waals surface area contributed by atoms with Gasteiger partial charge in [0, 0.05) is 25.3 Å². The van der Waals surface area contributed by atoms with Crippen LogP contribution in [0.5, 0.6) is 0 Å². The Morgan fingerprint density at radius 1 is 1.06 bits per heavy atom. The molecule has 3 N–H and O–H groups in total. The third-order valence-electron chi connectivity index (χ3n) is 5.68. The molecule has 1 aliphatic rings. The standard InChI is InChI=1S/C25H26N4O5S/c1-29-22(24(32)26-10-11-35-15-23(30)31)12-16(28-29)13-27-25(33)34-14-21-19-8-4-2-6-17(19)18-7-3-5-9-20(18)21/h2-9,12,21H,10-11,13-15H2,1H3,(H,26,32)(H,27,33)(H,30,31). The molecule has 0 spiro atoms. The maximum atomic E-state index is 12.4. The average molecular weight is 495 g/mol. The van der Waals surface area contributed by atoms with Crippen molar-refractivity contribution in [3.63, 3.8) is 0 Å². The van der Waals surface area contributed by atoms with Crippen LogP contribution in [0, 0.1) is 0 Å². The van der Waals surface area contributed by atoms with Gasteiger partial charge < -0.3 is 20.5 Å². The Kier molecular flexibility index (Phi) is 7.71. The van der Waals surface area contributed by atoms with Gasteiger partial charge in [0.05, 0.1) is 18.0 Å². The molecular weight excluding hydrogens is 468 g/mol. The highest BCUT2D eigenvalue weighted by molar-refractivity contribution is 7.99. The van der Waals surface area contributed by atoms with Gasteiger partial charge in [-0.3, -0.25) is 14.3 Å². The van der Waals surface area contributed by atoms with Crippen LogP contribution >= 0.6 is 11.8 Å². The van der Waals surface area contributed by atoms with Gasteiger partial charge in [0.25, 0.3) is 5.91 Å². The summed E-state index contributed by atoms with van der Waals surface area (Å²) in [5, 5.41) is 18.3.